The van der Waals surface area contributed by atoms with Crippen LogP contribution in [0.1, 0.15) is 11.1 Å². The zero-order valence-electron chi connectivity index (χ0n) is 7.05. The van der Waals surface area contributed by atoms with Crippen molar-refractivity contribution in [1.82, 2.24) is 0 Å². The molecule has 4 heteroatoms. The van der Waals surface area contributed by atoms with Gasteiger partial charge in [0.1, 0.15) is 0 Å². The van der Waals surface area contributed by atoms with Gasteiger partial charge in [0.25, 0.3) is 0 Å². The van der Waals surface area contributed by atoms with Crippen LogP contribution in [0.25, 0.3) is 10.1 Å². The minimum absolute atomic E-state index is 0.719. The van der Waals surface area contributed by atoms with Crippen LogP contribution in [0.4, 0.5) is 0 Å². The van der Waals surface area contributed by atoms with Crippen molar-refractivity contribution in [2.24, 2.45) is 0 Å². The predicted molar refractivity (Wildman–Crippen MR) is 66.9 cm³/mol. The van der Waals surface area contributed by atoms with E-state index in [4.69, 9.17) is 5.26 Å². The van der Waals surface area contributed by atoms with E-state index in [0.717, 1.165) is 25.6 Å². The highest BCUT2D eigenvalue weighted by Crippen LogP contribution is 2.34. The molecule has 0 saturated carbocycles. The van der Waals surface area contributed by atoms with Crippen molar-refractivity contribution in [3.8, 4) is 6.07 Å². The molecule has 70 valence electrons. The van der Waals surface area contributed by atoms with Gasteiger partial charge in [-0.15, -0.1) is 11.3 Å². The fourth-order valence-corrected chi connectivity index (χ4v) is 3.56. The lowest BCUT2D eigenvalue weighted by atomic mass is 10.1. The zero-order chi connectivity index (χ0) is 10.1. The van der Waals surface area contributed by atoms with Crippen LogP contribution in [0.5, 0.6) is 0 Å². The highest BCUT2D eigenvalue weighted by Gasteiger charge is 2.08. The predicted octanol–water partition coefficient (Wildman–Crippen LogP) is 4.43. The molecule has 1 nitrogen and oxygen atoms in total. The minimum Gasteiger partial charge on any atom is -0.192 e. The third-order valence-corrected chi connectivity index (χ3v) is 4.20. The van der Waals surface area contributed by atoms with Gasteiger partial charge in [-0.25, -0.2) is 0 Å². The fraction of sp³-hybridized carbons (Fsp3) is 0.100. The molecule has 0 aliphatic rings. The maximum Gasteiger partial charge on any atom is 0.0995 e. The molecular weight excluding hydrogens is 326 g/mol. The Morgan fingerprint density at radius 3 is 2.86 bits per heavy atom. The van der Waals surface area contributed by atoms with Crippen molar-refractivity contribution < 1.29 is 0 Å². The molecule has 0 aliphatic heterocycles. The van der Waals surface area contributed by atoms with Crippen molar-refractivity contribution in [1.29, 1.82) is 5.26 Å². The number of hydrogen-bond donors (Lipinski definition) is 0. The maximum absolute atomic E-state index is 8.94. The summed E-state index contributed by atoms with van der Waals surface area (Å²) in [5, 5.41) is 10.8. The summed E-state index contributed by atoms with van der Waals surface area (Å²) in [6.07, 6.45) is 0. The molecule has 1 heterocycles. The molecule has 0 saturated heterocycles. The van der Waals surface area contributed by atoms with Gasteiger partial charge in [0.05, 0.1) is 15.4 Å². The summed E-state index contributed by atoms with van der Waals surface area (Å²) in [5.41, 5.74) is 1.83. The highest BCUT2D eigenvalue weighted by atomic mass is 79.9. The first-order valence-electron chi connectivity index (χ1n) is 3.93. The van der Waals surface area contributed by atoms with Gasteiger partial charge in [0, 0.05) is 10.0 Å². The molecular formula is C10H5Br2NS. The van der Waals surface area contributed by atoms with Gasteiger partial charge in [0.2, 0.25) is 0 Å². The number of benzene rings is 1. The second-order valence-corrected chi connectivity index (χ2v) is 5.82. The Kier molecular flexibility index (Phi) is 2.91. The number of nitriles is 1. The van der Waals surface area contributed by atoms with Crippen molar-refractivity contribution >= 4 is 53.3 Å². The molecule has 0 fully saturated rings. The molecule has 0 aliphatic carbocycles. The second-order valence-electron chi connectivity index (χ2n) is 2.80. The van der Waals surface area contributed by atoms with E-state index in [1.165, 1.54) is 4.70 Å². The summed E-state index contributed by atoms with van der Waals surface area (Å²) in [6, 6.07) is 8.15. The summed E-state index contributed by atoms with van der Waals surface area (Å²) >= 11 is 8.56. The van der Waals surface area contributed by atoms with Crippen LogP contribution in [0.3, 0.4) is 0 Å². The monoisotopic (exact) mass is 329 g/mol. The van der Waals surface area contributed by atoms with Gasteiger partial charge in [-0.2, -0.15) is 5.26 Å². The van der Waals surface area contributed by atoms with E-state index in [0.29, 0.717) is 0 Å². The first-order valence-corrected chi connectivity index (χ1v) is 6.66. The number of thiophene rings is 1. The molecule has 0 N–H and O–H groups in total. The molecule has 0 amide bonds. The Morgan fingerprint density at radius 2 is 2.21 bits per heavy atom. The zero-order valence-corrected chi connectivity index (χ0v) is 11.0. The molecule has 2 rings (SSSR count). The number of hydrogen-bond acceptors (Lipinski definition) is 2. The van der Waals surface area contributed by atoms with Crippen LogP contribution in [0, 0.1) is 11.3 Å². The van der Waals surface area contributed by atoms with E-state index in [1.54, 1.807) is 11.3 Å². The maximum atomic E-state index is 8.94. The lowest BCUT2D eigenvalue weighted by Gasteiger charge is -2.00. The lowest BCUT2D eigenvalue weighted by molar-refractivity contribution is 1.41. The van der Waals surface area contributed by atoms with Gasteiger partial charge in [0.15, 0.2) is 0 Å². The number of nitrogens with zero attached hydrogens (tertiary/aromatic N) is 1. The topological polar surface area (TPSA) is 23.8 Å². The van der Waals surface area contributed by atoms with E-state index >= 15 is 0 Å². The molecule has 0 spiro atoms. The molecule has 1 aromatic heterocycles. The van der Waals surface area contributed by atoms with Gasteiger partial charge < -0.3 is 0 Å². The summed E-state index contributed by atoms with van der Waals surface area (Å²) in [6.45, 7) is 0. The average Bonchev–Trinajstić information content (AvgIpc) is 2.56. The first-order chi connectivity index (χ1) is 6.76. The van der Waals surface area contributed by atoms with Gasteiger partial charge in [-0.3, -0.25) is 0 Å². The van der Waals surface area contributed by atoms with E-state index in [9.17, 15) is 0 Å². The molecule has 0 radical (unpaired) electrons. The summed E-state index contributed by atoms with van der Waals surface area (Å²) in [4.78, 5) is 0. The third kappa shape index (κ3) is 1.60. The Bertz CT molecular complexity index is 525. The molecule has 0 atom stereocenters. The number of halogens is 2. The van der Waals surface area contributed by atoms with Crippen LogP contribution < -0.4 is 0 Å². The van der Waals surface area contributed by atoms with Crippen molar-refractivity contribution in [2.75, 3.05) is 0 Å². The molecule has 0 unspecified atom stereocenters. The fourth-order valence-electron chi connectivity index (χ4n) is 1.39. The van der Waals surface area contributed by atoms with E-state index in [2.05, 4.69) is 44.0 Å². The van der Waals surface area contributed by atoms with Gasteiger partial charge in [-0.05, 0) is 45.1 Å². The van der Waals surface area contributed by atoms with E-state index in [-0.39, 0.29) is 0 Å². The van der Waals surface area contributed by atoms with Crippen LogP contribution >= 0.6 is 43.2 Å². The van der Waals surface area contributed by atoms with Crippen molar-refractivity contribution in [3.05, 3.63) is 33.1 Å². The van der Waals surface area contributed by atoms with Crippen molar-refractivity contribution in [2.45, 2.75) is 5.33 Å². The number of fused-ring (bicyclic) bond motifs is 1. The van der Waals surface area contributed by atoms with Crippen LogP contribution in [0.15, 0.2) is 22.0 Å². The van der Waals surface area contributed by atoms with Gasteiger partial charge >= 0.3 is 0 Å². The lowest BCUT2D eigenvalue weighted by Crippen LogP contribution is -1.85. The summed E-state index contributed by atoms with van der Waals surface area (Å²) in [5.74, 6) is 0. The number of rotatable bonds is 1. The van der Waals surface area contributed by atoms with E-state index in [1.807, 2.05) is 12.1 Å². The molecule has 1 aromatic carbocycles. The highest BCUT2D eigenvalue weighted by molar-refractivity contribution is 9.11. The molecule has 14 heavy (non-hydrogen) atoms. The van der Waals surface area contributed by atoms with E-state index < -0.39 is 0 Å². The number of alkyl halides is 1. The Hall–Kier alpha value is -0.370. The molecule has 0 bridgehead atoms. The Balaban J connectivity index is 2.84. The first kappa shape index (κ1) is 10.2. The normalized spacial score (nSPS) is 10.4. The smallest absolute Gasteiger partial charge is 0.0995 e. The summed E-state index contributed by atoms with van der Waals surface area (Å²) in [7, 11) is 0. The second kappa shape index (κ2) is 4.01. The van der Waals surface area contributed by atoms with Crippen LogP contribution in [0.2, 0.25) is 0 Å². The average molecular weight is 331 g/mol. The quantitative estimate of drug-likeness (QED) is 0.709. The Morgan fingerprint density at radius 1 is 1.43 bits per heavy atom. The van der Waals surface area contributed by atoms with Crippen molar-refractivity contribution in [3.63, 3.8) is 0 Å². The standard InChI is InChI=1S/C10H5Br2NS/c11-4-8-6(5-13)1-2-9-7(8)3-10(12)14-9/h1-3H,4H2. The largest absolute Gasteiger partial charge is 0.192 e. The van der Waals surface area contributed by atoms with Crippen LogP contribution in [-0.2, 0) is 5.33 Å². The summed E-state index contributed by atoms with van der Waals surface area (Å²) < 4.78 is 2.31. The third-order valence-electron chi connectivity index (χ3n) is 2.04. The SMILES string of the molecule is N#Cc1ccc2sc(Br)cc2c1CBr. The molecule has 2 aromatic rings. The van der Waals surface area contributed by atoms with Crippen LogP contribution in [-0.4, -0.2) is 0 Å². The minimum atomic E-state index is 0.719. The van der Waals surface area contributed by atoms with Gasteiger partial charge in [-0.1, -0.05) is 15.9 Å². The Labute approximate surface area is 103 Å².